The average molecular weight is 407 g/mol. The predicted octanol–water partition coefficient (Wildman–Crippen LogP) is 5.58. The quantitative estimate of drug-likeness (QED) is 0.503. The van der Waals surface area contributed by atoms with Crippen LogP contribution in [0.3, 0.4) is 0 Å². The van der Waals surface area contributed by atoms with Crippen LogP contribution in [-0.2, 0) is 11.2 Å². The zero-order valence-electron chi connectivity index (χ0n) is 16.8. The van der Waals surface area contributed by atoms with Gasteiger partial charge in [-0.25, -0.2) is 4.98 Å². The van der Waals surface area contributed by atoms with Gasteiger partial charge < -0.3 is 4.90 Å². The maximum atomic E-state index is 13.0. The number of rotatable bonds is 6. The predicted molar refractivity (Wildman–Crippen MR) is 117 cm³/mol. The maximum Gasteiger partial charge on any atom is 0.223 e. The Bertz CT molecular complexity index is 976. The summed E-state index contributed by atoms with van der Waals surface area (Å²) in [5.41, 5.74) is 2.90. The van der Waals surface area contributed by atoms with Crippen LogP contribution in [0.1, 0.15) is 66.0 Å². The molecule has 1 aromatic heterocycles. The SMILES string of the molecule is CCc1ccc(C(=O)CCC(=O)N2CCCCC2c2nc3ccccc3s2)cc1. The van der Waals surface area contributed by atoms with Crippen molar-refractivity contribution in [2.24, 2.45) is 0 Å². The van der Waals surface area contributed by atoms with Gasteiger partial charge in [-0.3, -0.25) is 9.59 Å². The molecule has 0 aliphatic carbocycles. The topological polar surface area (TPSA) is 50.3 Å². The zero-order chi connectivity index (χ0) is 20.2. The minimum atomic E-state index is 0.0348. The van der Waals surface area contributed by atoms with Crippen molar-refractivity contribution in [3.63, 3.8) is 0 Å². The molecule has 1 aliphatic rings. The monoisotopic (exact) mass is 406 g/mol. The van der Waals surface area contributed by atoms with Crippen LogP contribution in [0.5, 0.6) is 0 Å². The van der Waals surface area contributed by atoms with Gasteiger partial charge in [-0.1, -0.05) is 43.3 Å². The molecule has 1 atom stereocenters. The van der Waals surface area contributed by atoms with Crippen molar-refractivity contribution in [2.45, 2.75) is 51.5 Å². The molecule has 0 N–H and O–H groups in total. The van der Waals surface area contributed by atoms with Crippen molar-refractivity contribution in [3.8, 4) is 0 Å². The lowest BCUT2D eigenvalue weighted by Crippen LogP contribution is -2.38. The summed E-state index contributed by atoms with van der Waals surface area (Å²) >= 11 is 1.68. The van der Waals surface area contributed by atoms with Gasteiger partial charge in [0.1, 0.15) is 5.01 Å². The molecule has 0 spiro atoms. The number of fused-ring (bicyclic) bond motifs is 1. The van der Waals surface area contributed by atoms with E-state index in [1.807, 2.05) is 47.4 Å². The molecule has 1 saturated heterocycles. The fraction of sp³-hybridized carbons (Fsp3) is 0.375. The first-order valence-corrected chi connectivity index (χ1v) is 11.2. The maximum absolute atomic E-state index is 13.0. The highest BCUT2D eigenvalue weighted by atomic mass is 32.1. The molecule has 5 heteroatoms. The van der Waals surface area contributed by atoms with Crippen molar-refractivity contribution in [2.75, 3.05) is 6.54 Å². The van der Waals surface area contributed by atoms with Crippen molar-refractivity contribution in [1.82, 2.24) is 9.88 Å². The summed E-state index contributed by atoms with van der Waals surface area (Å²) in [5.74, 6) is 0.0991. The number of thiazole rings is 1. The van der Waals surface area contributed by atoms with E-state index in [-0.39, 0.29) is 30.6 Å². The number of nitrogens with zero attached hydrogens (tertiary/aromatic N) is 2. The first kappa shape index (κ1) is 19.8. The largest absolute Gasteiger partial charge is 0.333 e. The summed E-state index contributed by atoms with van der Waals surface area (Å²) in [5, 5.41) is 1.01. The van der Waals surface area contributed by atoms with E-state index in [1.54, 1.807) is 11.3 Å². The number of aryl methyl sites for hydroxylation is 1. The Morgan fingerprint density at radius 2 is 1.86 bits per heavy atom. The number of para-hydroxylation sites is 1. The highest BCUT2D eigenvalue weighted by Crippen LogP contribution is 2.36. The van der Waals surface area contributed by atoms with E-state index >= 15 is 0 Å². The smallest absolute Gasteiger partial charge is 0.223 e. The third-order valence-corrected chi connectivity index (χ3v) is 6.81. The molecule has 2 aromatic carbocycles. The Hall–Kier alpha value is -2.53. The number of amides is 1. The number of piperidine rings is 1. The normalized spacial score (nSPS) is 16.9. The Kier molecular flexibility index (Phi) is 6.05. The third-order valence-electron chi connectivity index (χ3n) is 5.67. The van der Waals surface area contributed by atoms with Crippen molar-refractivity contribution < 1.29 is 9.59 Å². The van der Waals surface area contributed by atoms with Gasteiger partial charge in [0, 0.05) is 24.9 Å². The number of carbonyl (C=O) groups is 2. The first-order valence-electron chi connectivity index (χ1n) is 10.4. The summed E-state index contributed by atoms with van der Waals surface area (Å²) in [4.78, 5) is 32.2. The van der Waals surface area contributed by atoms with E-state index in [2.05, 4.69) is 13.0 Å². The van der Waals surface area contributed by atoms with Gasteiger partial charge in [-0.15, -0.1) is 11.3 Å². The molecule has 0 radical (unpaired) electrons. The van der Waals surface area contributed by atoms with Crippen molar-refractivity contribution in [3.05, 3.63) is 64.7 Å². The van der Waals surface area contributed by atoms with Crippen LogP contribution < -0.4 is 0 Å². The molecule has 29 heavy (non-hydrogen) atoms. The van der Waals surface area contributed by atoms with E-state index in [0.29, 0.717) is 5.56 Å². The molecule has 1 fully saturated rings. The van der Waals surface area contributed by atoms with Gasteiger partial charge in [-0.05, 0) is 43.4 Å². The van der Waals surface area contributed by atoms with Gasteiger partial charge in [0.05, 0.1) is 16.3 Å². The molecule has 3 aromatic rings. The number of ketones is 1. The van der Waals surface area contributed by atoms with Crippen LogP contribution in [0.25, 0.3) is 10.2 Å². The van der Waals surface area contributed by atoms with Crippen LogP contribution >= 0.6 is 11.3 Å². The lowest BCUT2D eigenvalue weighted by atomic mass is 10.0. The Balaban J connectivity index is 1.43. The van der Waals surface area contributed by atoms with Crippen LogP contribution in [0.15, 0.2) is 48.5 Å². The second-order valence-corrected chi connectivity index (χ2v) is 8.65. The number of hydrogen-bond acceptors (Lipinski definition) is 4. The summed E-state index contributed by atoms with van der Waals surface area (Å²) in [7, 11) is 0. The molecule has 0 saturated carbocycles. The summed E-state index contributed by atoms with van der Waals surface area (Å²) in [6.07, 6.45) is 4.53. The van der Waals surface area contributed by atoms with Gasteiger partial charge in [0.2, 0.25) is 5.91 Å². The fourth-order valence-corrected chi connectivity index (χ4v) is 5.07. The molecule has 1 unspecified atom stereocenters. The van der Waals surface area contributed by atoms with Crippen LogP contribution in [0.2, 0.25) is 0 Å². The second-order valence-electron chi connectivity index (χ2n) is 7.59. The van der Waals surface area contributed by atoms with Crippen LogP contribution in [-0.4, -0.2) is 28.1 Å². The Labute approximate surface area is 175 Å². The number of likely N-dealkylation sites (tertiary alicyclic amines) is 1. The van der Waals surface area contributed by atoms with Gasteiger partial charge in [0.25, 0.3) is 0 Å². The third kappa shape index (κ3) is 4.40. The molecule has 0 bridgehead atoms. The summed E-state index contributed by atoms with van der Waals surface area (Å²) in [6.45, 7) is 2.84. The lowest BCUT2D eigenvalue weighted by Gasteiger charge is -2.34. The molecule has 1 amide bonds. The van der Waals surface area contributed by atoms with Crippen molar-refractivity contribution in [1.29, 1.82) is 0 Å². The number of benzene rings is 2. The molecule has 1 aliphatic heterocycles. The number of aromatic nitrogens is 1. The van der Waals surface area contributed by atoms with E-state index in [1.165, 1.54) is 5.56 Å². The summed E-state index contributed by atoms with van der Waals surface area (Å²) in [6, 6.07) is 15.9. The van der Waals surface area contributed by atoms with E-state index < -0.39 is 0 Å². The molecular formula is C24H26N2O2S. The van der Waals surface area contributed by atoms with Gasteiger partial charge in [-0.2, -0.15) is 0 Å². The number of Topliss-reactive ketones (excluding diaryl/α,β-unsaturated/α-hetero) is 1. The van der Waals surface area contributed by atoms with E-state index in [0.717, 1.165) is 47.5 Å². The zero-order valence-corrected chi connectivity index (χ0v) is 17.6. The van der Waals surface area contributed by atoms with Crippen molar-refractivity contribution >= 4 is 33.2 Å². The highest BCUT2D eigenvalue weighted by Gasteiger charge is 2.30. The average Bonchev–Trinajstić information content (AvgIpc) is 3.21. The van der Waals surface area contributed by atoms with Gasteiger partial charge >= 0.3 is 0 Å². The summed E-state index contributed by atoms with van der Waals surface area (Å²) < 4.78 is 1.16. The molecule has 150 valence electrons. The van der Waals surface area contributed by atoms with Crippen LogP contribution in [0.4, 0.5) is 0 Å². The lowest BCUT2D eigenvalue weighted by molar-refractivity contribution is -0.135. The Morgan fingerprint density at radius 1 is 1.07 bits per heavy atom. The minimum absolute atomic E-state index is 0.0348. The standard InChI is InChI=1S/C24H26N2O2S/c1-2-17-10-12-18(13-11-17)21(27)14-15-23(28)26-16-6-5-8-20(26)24-25-19-7-3-4-9-22(19)29-24/h3-4,7,9-13,20H,2,5-6,8,14-16H2,1H3. The van der Waals surface area contributed by atoms with Gasteiger partial charge in [0.15, 0.2) is 5.78 Å². The molecule has 4 nitrogen and oxygen atoms in total. The fourth-order valence-electron chi connectivity index (χ4n) is 3.95. The highest BCUT2D eigenvalue weighted by molar-refractivity contribution is 7.18. The molecule has 2 heterocycles. The number of hydrogen-bond donors (Lipinski definition) is 0. The Morgan fingerprint density at radius 3 is 2.62 bits per heavy atom. The first-order chi connectivity index (χ1) is 14.2. The number of carbonyl (C=O) groups excluding carboxylic acids is 2. The van der Waals surface area contributed by atoms with E-state index in [4.69, 9.17) is 4.98 Å². The minimum Gasteiger partial charge on any atom is -0.333 e. The van der Waals surface area contributed by atoms with Crippen LogP contribution in [0, 0.1) is 0 Å². The van der Waals surface area contributed by atoms with E-state index in [9.17, 15) is 9.59 Å². The molecule has 4 rings (SSSR count). The molecular weight excluding hydrogens is 380 g/mol. The second kappa shape index (κ2) is 8.87.